The van der Waals surface area contributed by atoms with Crippen LogP contribution in [-0.2, 0) is 16.2 Å². The summed E-state index contributed by atoms with van der Waals surface area (Å²) in [5.74, 6) is 0.530. The molecule has 8 rings (SSSR count). The van der Waals surface area contributed by atoms with Gasteiger partial charge in [-0.3, -0.25) is 0 Å². The van der Waals surface area contributed by atoms with Gasteiger partial charge in [-0.05, 0) is 53.8 Å². The maximum absolute atomic E-state index is 14.4. The summed E-state index contributed by atoms with van der Waals surface area (Å²) in [6.07, 6.45) is -13.2. The third kappa shape index (κ3) is 8.03. The molecule has 0 amide bonds. The Morgan fingerprint density at radius 1 is 0.350 bits per heavy atom. The molecule has 1 aliphatic rings. The lowest BCUT2D eigenvalue weighted by molar-refractivity contribution is -0.175. The van der Waals surface area contributed by atoms with Crippen LogP contribution in [0, 0.1) is 0 Å². The van der Waals surface area contributed by atoms with Gasteiger partial charge in [0, 0.05) is 11.1 Å². The Bertz CT molecular complexity index is 2250. The van der Waals surface area contributed by atoms with Crippen molar-refractivity contribution in [3.8, 4) is 11.5 Å². The molecule has 0 fully saturated rings. The fraction of sp³-hybridized carbons (Fsp3) is 0.160. The van der Waals surface area contributed by atoms with Crippen molar-refractivity contribution in [2.24, 2.45) is 0 Å². The lowest BCUT2D eigenvalue weighted by Crippen LogP contribution is -2.44. The molecule has 7 aromatic carbocycles. The van der Waals surface area contributed by atoms with E-state index in [1.54, 1.807) is 127 Å². The third-order valence-electron chi connectivity index (χ3n) is 11.0. The molecule has 60 heavy (non-hydrogen) atoms. The van der Waals surface area contributed by atoms with E-state index >= 15 is 0 Å². The highest BCUT2D eigenvalue weighted by atomic mass is 19.4. The normalized spacial score (nSPS) is 13.5. The molecular formula is C50H39F9O. The summed E-state index contributed by atoms with van der Waals surface area (Å²) in [6, 6.07) is 52.8. The SMILES string of the molecule is CC(c1ccccc1)(c1ccccc1)C(F)(F)F.CC1(C(F)(F)F)c2ccccc2Oc2ccccc21.FC(F)(F)C(c1ccccc1)(c1ccccc1)c1ccccc1. The van der Waals surface area contributed by atoms with Gasteiger partial charge in [0.05, 0.1) is 0 Å². The highest BCUT2D eigenvalue weighted by Gasteiger charge is 2.59. The third-order valence-corrected chi connectivity index (χ3v) is 11.0. The second kappa shape index (κ2) is 17.1. The summed E-state index contributed by atoms with van der Waals surface area (Å²) in [4.78, 5) is 0. The van der Waals surface area contributed by atoms with Crippen molar-refractivity contribution >= 4 is 0 Å². The lowest BCUT2D eigenvalue weighted by Gasteiger charge is -2.38. The van der Waals surface area contributed by atoms with Crippen LogP contribution in [0.2, 0.25) is 0 Å². The smallest absolute Gasteiger partial charge is 0.406 e. The summed E-state index contributed by atoms with van der Waals surface area (Å²) in [5.41, 5.74) is -4.75. The molecule has 0 radical (unpaired) electrons. The van der Waals surface area contributed by atoms with E-state index < -0.39 is 34.8 Å². The van der Waals surface area contributed by atoms with Gasteiger partial charge in [0.15, 0.2) is 0 Å². The van der Waals surface area contributed by atoms with Crippen LogP contribution in [0.15, 0.2) is 200 Å². The predicted octanol–water partition coefficient (Wildman–Crippen LogP) is 14.8. The number of fused-ring (bicyclic) bond motifs is 2. The van der Waals surface area contributed by atoms with E-state index in [0.717, 1.165) is 0 Å². The average molecular weight is 827 g/mol. The topological polar surface area (TPSA) is 9.23 Å². The first-order chi connectivity index (χ1) is 28.5. The molecule has 7 aromatic rings. The molecule has 0 atom stereocenters. The summed E-state index contributed by atoms with van der Waals surface area (Å²) < 4.78 is 130. The molecular weight excluding hydrogens is 788 g/mol. The Labute approximate surface area is 342 Å². The zero-order valence-corrected chi connectivity index (χ0v) is 32.4. The molecule has 0 saturated carbocycles. The van der Waals surface area contributed by atoms with E-state index in [2.05, 4.69) is 0 Å². The summed E-state index contributed by atoms with van der Waals surface area (Å²) in [5, 5.41) is 0. The molecule has 10 heteroatoms. The van der Waals surface area contributed by atoms with Crippen molar-refractivity contribution in [2.45, 2.75) is 48.6 Å². The van der Waals surface area contributed by atoms with Crippen molar-refractivity contribution in [1.29, 1.82) is 0 Å². The van der Waals surface area contributed by atoms with E-state index in [0.29, 0.717) is 0 Å². The van der Waals surface area contributed by atoms with Crippen LogP contribution >= 0.6 is 0 Å². The molecule has 0 N–H and O–H groups in total. The maximum Gasteiger partial charge on any atom is 0.406 e. The molecule has 0 aromatic heterocycles. The molecule has 0 spiro atoms. The molecule has 1 nitrogen and oxygen atoms in total. The van der Waals surface area contributed by atoms with Crippen LogP contribution in [0.1, 0.15) is 52.8 Å². The highest BCUT2D eigenvalue weighted by Crippen LogP contribution is 2.55. The minimum Gasteiger partial charge on any atom is -0.457 e. The molecule has 1 aliphatic heterocycles. The van der Waals surface area contributed by atoms with Gasteiger partial charge in [-0.15, -0.1) is 0 Å². The second-order valence-corrected chi connectivity index (χ2v) is 14.4. The first-order valence-electron chi connectivity index (χ1n) is 18.8. The van der Waals surface area contributed by atoms with Crippen LogP contribution in [0.4, 0.5) is 39.5 Å². The van der Waals surface area contributed by atoms with Crippen molar-refractivity contribution in [1.82, 2.24) is 0 Å². The number of benzene rings is 7. The Balaban J connectivity index is 0.000000152. The highest BCUT2D eigenvalue weighted by molar-refractivity contribution is 5.58. The van der Waals surface area contributed by atoms with Gasteiger partial charge in [-0.2, -0.15) is 39.5 Å². The largest absolute Gasteiger partial charge is 0.457 e. The zero-order valence-electron chi connectivity index (χ0n) is 32.4. The monoisotopic (exact) mass is 826 g/mol. The molecule has 1 heterocycles. The summed E-state index contributed by atoms with van der Waals surface area (Å²) in [6.45, 7) is 2.42. The number of hydrogen-bond donors (Lipinski definition) is 0. The van der Waals surface area contributed by atoms with Crippen LogP contribution in [0.3, 0.4) is 0 Å². The van der Waals surface area contributed by atoms with Crippen molar-refractivity contribution < 1.29 is 44.3 Å². The first kappa shape index (κ1) is 43.3. The Hall–Kier alpha value is -6.29. The van der Waals surface area contributed by atoms with Crippen LogP contribution < -0.4 is 4.74 Å². The van der Waals surface area contributed by atoms with E-state index in [1.165, 1.54) is 86.6 Å². The second-order valence-electron chi connectivity index (χ2n) is 14.4. The van der Waals surface area contributed by atoms with E-state index in [4.69, 9.17) is 4.74 Å². The van der Waals surface area contributed by atoms with Crippen molar-refractivity contribution in [3.05, 3.63) is 239 Å². The van der Waals surface area contributed by atoms with E-state index in [9.17, 15) is 39.5 Å². The van der Waals surface area contributed by atoms with Gasteiger partial charge in [-0.25, -0.2) is 0 Å². The Morgan fingerprint density at radius 3 is 0.883 bits per heavy atom. The molecule has 0 saturated heterocycles. The molecule has 0 aliphatic carbocycles. The Kier molecular flexibility index (Phi) is 12.4. The first-order valence-corrected chi connectivity index (χ1v) is 18.8. The maximum atomic E-state index is 14.4. The fourth-order valence-electron chi connectivity index (χ4n) is 7.60. The van der Waals surface area contributed by atoms with Gasteiger partial charge >= 0.3 is 18.5 Å². The number of hydrogen-bond acceptors (Lipinski definition) is 1. The van der Waals surface area contributed by atoms with Gasteiger partial charge in [0.25, 0.3) is 0 Å². The van der Waals surface area contributed by atoms with Crippen LogP contribution in [-0.4, -0.2) is 18.5 Å². The van der Waals surface area contributed by atoms with Gasteiger partial charge < -0.3 is 4.74 Å². The van der Waals surface area contributed by atoms with Gasteiger partial charge in [0.1, 0.15) is 27.7 Å². The molecule has 0 bridgehead atoms. The molecule has 0 unspecified atom stereocenters. The number of rotatable bonds is 5. The minimum atomic E-state index is -4.48. The van der Waals surface area contributed by atoms with Crippen LogP contribution in [0.5, 0.6) is 11.5 Å². The fourth-order valence-corrected chi connectivity index (χ4v) is 7.60. The van der Waals surface area contributed by atoms with E-state index in [1.807, 2.05) is 0 Å². The van der Waals surface area contributed by atoms with Crippen molar-refractivity contribution in [2.75, 3.05) is 0 Å². The average Bonchev–Trinajstić information content (AvgIpc) is 3.25. The number of ether oxygens (including phenoxy) is 1. The standard InChI is InChI=1S/C20H15F3.C15H11F3O.C15H13F3/c21-20(22,23)19(16-10-4-1-5-11-16,17-12-6-2-7-13-17)18-14-8-3-9-15-18;1-14(15(16,17)18)10-6-2-4-8-12(10)19-13-9-5-3-7-11(13)14;1-14(15(16,17)18,12-8-4-2-5-9-12)13-10-6-3-7-11-13/h1-15H;2-9H,1H3;2-11H,1H3. The summed E-state index contributed by atoms with van der Waals surface area (Å²) in [7, 11) is 0. The Morgan fingerprint density at radius 2 is 0.617 bits per heavy atom. The van der Waals surface area contributed by atoms with E-state index in [-0.39, 0.29) is 50.4 Å². The van der Waals surface area contributed by atoms with Gasteiger partial charge in [-0.1, -0.05) is 188 Å². The number of halogens is 9. The van der Waals surface area contributed by atoms with Crippen LogP contribution in [0.25, 0.3) is 0 Å². The number of alkyl halides is 9. The van der Waals surface area contributed by atoms with Gasteiger partial charge in [0.2, 0.25) is 0 Å². The lowest BCUT2D eigenvalue weighted by atomic mass is 9.69. The predicted molar refractivity (Wildman–Crippen MR) is 216 cm³/mol. The number of para-hydroxylation sites is 2. The summed E-state index contributed by atoms with van der Waals surface area (Å²) >= 11 is 0. The zero-order chi connectivity index (χ0) is 43.2. The molecule has 308 valence electrons. The quantitative estimate of drug-likeness (QED) is 0.124. The van der Waals surface area contributed by atoms with Crippen molar-refractivity contribution in [3.63, 3.8) is 0 Å². The minimum absolute atomic E-state index is 0.154.